The Hall–Kier alpha value is -1.79. The molecule has 0 saturated carbocycles. The zero-order valence-corrected chi connectivity index (χ0v) is 17.0. The SMILES string of the molecule is CN=C(NCCCCN(C)c1ccccc1)NCCN(C)CCCOC. The minimum Gasteiger partial charge on any atom is -0.385 e. The highest BCUT2D eigenvalue weighted by molar-refractivity contribution is 5.79. The van der Waals surface area contributed by atoms with Crippen molar-refractivity contribution in [1.82, 2.24) is 15.5 Å². The molecule has 2 N–H and O–H groups in total. The van der Waals surface area contributed by atoms with Crippen molar-refractivity contribution >= 4 is 11.6 Å². The topological polar surface area (TPSA) is 52.1 Å². The predicted octanol–water partition coefficient (Wildman–Crippen LogP) is 2.04. The van der Waals surface area contributed by atoms with Gasteiger partial charge in [-0.05, 0) is 38.4 Å². The number of rotatable bonds is 13. The molecule has 0 aromatic heterocycles. The summed E-state index contributed by atoms with van der Waals surface area (Å²) in [4.78, 5) is 8.89. The Morgan fingerprint density at radius 1 is 0.962 bits per heavy atom. The number of nitrogens with zero attached hydrogens (tertiary/aromatic N) is 3. The standard InChI is InChI=1S/C20H37N5O/c1-21-20(23-14-17-24(2)15-10-18-26-4)22-13-8-9-16-25(3)19-11-6-5-7-12-19/h5-7,11-12H,8-10,13-18H2,1-4H3,(H2,21,22,23). The lowest BCUT2D eigenvalue weighted by Gasteiger charge is -2.20. The Balaban J connectivity index is 2.07. The highest BCUT2D eigenvalue weighted by Gasteiger charge is 2.02. The van der Waals surface area contributed by atoms with Crippen LogP contribution in [0.2, 0.25) is 0 Å². The molecule has 1 aromatic rings. The summed E-state index contributed by atoms with van der Waals surface area (Å²) in [6, 6.07) is 10.5. The molecule has 0 saturated heterocycles. The smallest absolute Gasteiger partial charge is 0.191 e. The van der Waals surface area contributed by atoms with E-state index in [0.29, 0.717) is 0 Å². The van der Waals surface area contributed by atoms with E-state index in [2.05, 4.69) is 69.9 Å². The molecule has 0 radical (unpaired) electrons. The van der Waals surface area contributed by atoms with E-state index in [4.69, 9.17) is 4.74 Å². The lowest BCUT2D eigenvalue weighted by Crippen LogP contribution is -2.41. The van der Waals surface area contributed by atoms with Crippen LogP contribution < -0.4 is 15.5 Å². The fourth-order valence-corrected chi connectivity index (χ4v) is 2.67. The molecule has 0 aliphatic carbocycles. The molecule has 0 spiro atoms. The van der Waals surface area contributed by atoms with E-state index in [1.165, 1.54) is 5.69 Å². The number of aliphatic imine (C=N–C) groups is 1. The van der Waals surface area contributed by atoms with Crippen LogP contribution >= 0.6 is 0 Å². The molecule has 148 valence electrons. The van der Waals surface area contributed by atoms with Crippen LogP contribution in [0.25, 0.3) is 0 Å². The summed E-state index contributed by atoms with van der Waals surface area (Å²) in [5.74, 6) is 0.881. The van der Waals surface area contributed by atoms with E-state index < -0.39 is 0 Å². The van der Waals surface area contributed by atoms with Gasteiger partial charge in [-0.25, -0.2) is 0 Å². The first kappa shape index (κ1) is 22.3. The maximum Gasteiger partial charge on any atom is 0.191 e. The summed E-state index contributed by atoms with van der Waals surface area (Å²) >= 11 is 0. The molecule has 0 unspecified atom stereocenters. The van der Waals surface area contributed by atoms with Gasteiger partial charge < -0.3 is 25.2 Å². The second-order valence-corrected chi connectivity index (χ2v) is 6.54. The number of hydrogen-bond acceptors (Lipinski definition) is 4. The van der Waals surface area contributed by atoms with Crippen molar-refractivity contribution in [3.05, 3.63) is 30.3 Å². The number of guanidine groups is 1. The molecular formula is C20H37N5O. The molecule has 6 heteroatoms. The van der Waals surface area contributed by atoms with Crippen LogP contribution in [0.15, 0.2) is 35.3 Å². The molecule has 0 aliphatic heterocycles. The maximum atomic E-state index is 5.08. The summed E-state index contributed by atoms with van der Waals surface area (Å²) in [5, 5.41) is 6.76. The van der Waals surface area contributed by atoms with Crippen molar-refractivity contribution in [1.29, 1.82) is 0 Å². The van der Waals surface area contributed by atoms with E-state index in [9.17, 15) is 0 Å². The summed E-state index contributed by atoms with van der Waals surface area (Å²) < 4.78 is 5.08. The zero-order valence-electron chi connectivity index (χ0n) is 17.0. The highest BCUT2D eigenvalue weighted by Crippen LogP contribution is 2.11. The van der Waals surface area contributed by atoms with Crippen molar-refractivity contribution in [3.63, 3.8) is 0 Å². The summed E-state index contributed by atoms with van der Waals surface area (Å²) in [5.41, 5.74) is 1.27. The number of nitrogens with one attached hydrogen (secondary N) is 2. The van der Waals surface area contributed by atoms with Gasteiger partial charge in [0.05, 0.1) is 0 Å². The Morgan fingerprint density at radius 2 is 1.69 bits per heavy atom. The zero-order chi connectivity index (χ0) is 19.0. The second-order valence-electron chi connectivity index (χ2n) is 6.54. The number of benzene rings is 1. The average Bonchev–Trinajstić information content (AvgIpc) is 2.67. The molecule has 0 atom stereocenters. The van der Waals surface area contributed by atoms with Crippen LogP contribution in [0.4, 0.5) is 5.69 Å². The van der Waals surface area contributed by atoms with Gasteiger partial charge in [0.1, 0.15) is 0 Å². The molecule has 1 rings (SSSR count). The summed E-state index contributed by atoms with van der Waals surface area (Å²) in [7, 11) is 7.85. The first-order chi connectivity index (χ1) is 12.7. The van der Waals surface area contributed by atoms with E-state index in [1.807, 2.05) is 7.05 Å². The minimum atomic E-state index is 0.820. The Bertz CT molecular complexity index is 480. The van der Waals surface area contributed by atoms with Crippen molar-refractivity contribution in [2.75, 3.05) is 72.5 Å². The van der Waals surface area contributed by atoms with Gasteiger partial charge in [0, 0.05) is 66.2 Å². The lowest BCUT2D eigenvalue weighted by atomic mass is 10.2. The van der Waals surface area contributed by atoms with E-state index in [0.717, 1.165) is 64.6 Å². The Labute approximate surface area is 159 Å². The second kappa shape index (κ2) is 14.4. The third kappa shape index (κ3) is 10.3. The molecule has 0 fully saturated rings. The van der Waals surface area contributed by atoms with Gasteiger partial charge in [0.15, 0.2) is 5.96 Å². The van der Waals surface area contributed by atoms with Gasteiger partial charge in [-0.3, -0.25) is 4.99 Å². The first-order valence-corrected chi connectivity index (χ1v) is 9.55. The predicted molar refractivity (Wildman–Crippen MR) is 112 cm³/mol. The largest absolute Gasteiger partial charge is 0.385 e. The lowest BCUT2D eigenvalue weighted by molar-refractivity contribution is 0.180. The summed E-state index contributed by atoms with van der Waals surface area (Å²) in [6.07, 6.45) is 3.34. The van der Waals surface area contributed by atoms with Gasteiger partial charge in [-0.2, -0.15) is 0 Å². The van der Waals surface area contributed by atoms with Crippen molar-refractivity contribution in [3.8, 4) is 0 Å². The van der Waals surface area contributed by atoms with Crippen LogP contribution in [0.5, 0.6) is 0 Å². The van der Waals surface area contributed by atoms with Gasteiger partial charge in [-0.15, -0.1) is 0 Å². The molecular weight excluding hydrogens is 326 g/mol. The Kier molecular flexibility index (Phi) is 12.3. The fraction of sp³-hybridized carbons (Fsp3) is 0.650. The first-order valence-electron chi connectivity index (χ1n) is 9.55. The number of likely N-dealkylation sites (N-methyl/N-ethyl adjacent to an activating group) is 1. The molecule has 0 amide bonds. The van der Waals surface area contributed by atoms with Gasteiger partial charge in [0.25, 0.3) is 0 Å². The molecule has 26 heavy (non-hydrogen) atoms. The van der Waals surface area contributed by atoms with Crippen LogP contribution in [-0.2, 0) is 4.74 Å². The molecule has 1 aromatic carbocycles. The molecule has 0 aliphatic rings. The fourth-order valence-electron chi connectivity index (χ4n) is 2.67. The van der Waals surface area contributed by atoms with Crippen LogP contribution in [-0.4, -0.2) is 78.4 Å². The van der Waals surface area contributed by atoms with Gasteiger partial charge >= 0.3 is 0 Å². The third-order valence-corrected chi connectivity index (χ3v) is 4.31. The van der Waals surface area contributed by atoms with Crippen LogP contribution in [0, 0.1) is 0 Å². The van der Waals surface area contributed by atoms with Gasteiger partial charge in [0.2, 0.25) is 0 Å². The van der Waals surface area contributed by atoms with Crippen molar-refractivity contribution in [2.24, 2.45) is 4.99 Å². The minimum absolute atomic E-state index is 0.820. The monoisotopic (exact) mass is 363 g/mol. The summed E-state index contributed by atoms with van der Waals surface area (Å²) in [6.45, 7) is 5.75. The number of unbranched alkanes of at least 4 members (excludes halogenated alkanes) is 1. The number of hydrogen-bond donors (Lipinski definition) is 2. The Morgan fingerprint density at radius 3 is 2.38 bits per heavy atom. The molecule has 0 bridgehead atoms. The number of methoxy groups -OCH3 is 1. The van der Waals surface area contributed by atoms with Crippen molar-refractivity contribution in [2.45, 2.75) is 19.3 Å². The van der Waals surface area contributed by atoms with E-state index in [-0.39, 0.29) is 0 Å². The van der Waals surface area contributed by atoms with E-state index >= 15 is 0 Å². The van der Waals surface area contributed by atoms with Gasteiger partial charge in [-0.1, -0.05) is 18.2 Å². The number of ether oxygens (including phenoxy) is 1. The number of para-hydroxylation sites is 1. The maximum absolute atomic E-state index is 5.08. The highest BCUT2D eigenvalue weighted by atomic mass is 16.5. The van der Waals surface area contributed by atoms with E-state index in [1.54, 1.807) is 7.11 Å². The molecule has 6 nitrogen and oxygen atoms in total. The quantitative estimate of drug-likeness (QED) is 0.319. The third-order valence-electron chi connectivity index (χ3n) is 4.31. The normalized spacial score (nSPS) is 11.7. The van der Waals surface area contributed by atoms with Crippen LogP contribution in [0.1, 0.15) is 19.3 Å². The number of anilines is 1. The average molecular weight is 364 g/mol. The molecule has 0 heterocycles. The van der Waals surface area contributed by atoms with Crippen LogP contribution in [0.3, 0.4) is 0 Å². The van der Waals surface area contributed by atoms with Crippen molar-refractivity contribution < 1.29 is 4.74 Å².